The van der Waals surface area contributed by atoms with Gasteiger partial charge >= 0.3 is 0 Å². The Kier molecular flexibility index (Phi) is 2.15. The third-order valence-electron chi connectivity index (χ3n) is 2.49. The van der Waals surface area contributed by atoms with Crippen LogP contribution in [-0.2, 0) is 11.2 Å². The van der Waals surface area contributed by atoms with Crippen molar-refractivity contribution in [2.75, 3.05) is 13.7 Å². The van der Waals surface area contributed by atoms with Crippen molar-refractivity contribution in [2.24, 2.45) is 5.92 Å². The molecule has 0 saturated carbocycles. The van der Waals surface area contributed by atoms with Crippen molar-refractivity contribution in [3.05, 3.63) is 35.4 Å². The molecule has 0 spiro atoms. The van der Waals surface area contributed by atoms with E-state index >= 15 is 0 Å². The van der Waals surface area contributed by atoms with Crippen LogP contribution in [0.5, 0.6) is 0 Å². The van der Waals surface area contributed by atoms with Crippen LogP contribution in [0.25, 0.3) is 0 Å². The zero-order valence-corrected chi connectivity index (χ0v) is 7.62. The van der Waals surface area contributed by atoms with E-state index in [-0.39, 0.29) is 11.7 Å². The van der Waals surface area contributed by atoms with Gasteiger partial charge in [0.25, 0.3) is 0 Å². The third-order valence-corrected chi connectivity index (χ3v) is 2.49. The molecule has 13 heavy (non-hydrogen) atoms. The summed E-state index contributed by atoms with van der Waals surface area (Å²) in [7, 11) is 1.64. The molecular formula is C11H12O2. The maximum Gasteiger partial charge on any atom is 0.168 e. The van der Waals surface area contributed by atoms with Crippen molar-refractivity contribution in [3.63, 3.8) is 0 Å². The Morgan fingerprint density at radius 1 is 1.46 bits per heavy atom. The van der Waals surface area contributed by atoms with Gasteiger partial charge in [-0.1, -0.05) is 24.3 Å². The summed E-state index contributed by atoms with van der Waals surface area (Å²) in [5.41, 5.74) is 2.04. The molecule has 0 N–H and O–H groups in total. The van der Waals surface area contributed by atoms with Crippen LogP contribution >= 0.6 is 0 Å². The van der Waals surface area contributed by atoms with E-state index < -0.39 is 0 Å². The highest BCUT2D eigenvalue weighted by Crippen LogP contribution is 2.26. The molecule has 0 aromatic heterocycles. The number of ketones is 1. The summed E-state index contributed by atoms with van der Waals surface area (Å²) in [6, 6.07) is 7.80. The number of hydrogen-bond donors (Lipinski definition) is 0. The molecule has 0 amide bonds. The number of methoxy groups -OCH3 is 1. The molecule has 0 saturated heterocycles. The van der Waals surface area contributed by atoms with Gasteiger partial charge in [0, 0.05) is 18.6 Å². The Labute approximate surface area is 77.5 Å². The summed E-state index contributed by atoms with van der Waals surface area (Å²) >= 11 is 0. The fourth-order valence-corrected chi connectivity index (χ4v) is 1.85. The fourth-order valence-electron chi connectivity index (χ4n) is 1.85. The van der Waals surface area contributed by atoms with Crippen LogP contribution < -0.4 is 0 Å². The summed E-state index contributed by atoms with van der Waals surface area (Å²) in [5.74, 6) is 0.278. The predicted molar refractivity (Wildman–Crippen MR) is 49.8 cm³/mol. The first-order valence-corrected chi connectivity index (χ1v) is 4.44. The first kappa shape index (κ1) is 8.45. The normalized spacial score (nSPS) is 20.4. The number of ether oxygens (including phenoxy) is 1. The number of carbonyl (C=O) groups excluding carboxylic acids is 1. The summed E-state index contributed by atoms with van der Waals surface area (Å²) in [5, 5.41) is 0. The molecule has 0 radical (unpaired) electrons. The van der Waals surface area contributed by atoms with Gasteiger partial charge in [-0.2, -0.15) is 0 Å². The highest BCUT2D eigenvalue weighted by Gasteiger charge is 2.29. The van der Waals surface area contributed by atoms with Gasteiger partial charge in [-0.25, -0.2) is 0 Å². The van der Waals surface area contributed by atoms with E-state index in [2.05, 4.69) is 0 Å². The highest BCUT2D eigenvalue weighted by atomic mass is 16.5. The number of Topliss-reactive ketones (excluding diaryl/α,β-unsaturated/α-hetero) is 1. The van der Waals surface area contributed by atoms with Crippen molar-refractivity contribution in [3.8, 4) is 0 Å². The number of rotatable bonds is 2. The van der Waals surface area contributed by atoms with Crippen molar-refractivity contribution in [1.82, 2.24) is 0 Å². The molecule has 0 aliphatic heterocycles. The van der Waals surface area contributed by atoms with Crippen LogP contribution in [0.4, 0.5) is 0 Å². The van der Waals surface area contributed by atoms with Gasteiger partial charge in [-0.05, 0) is 12.0 Å². The van der Waals surface area contributed by atoms with Gasteiger partial charge in [0.15, 0.2) is 5.78 Å². The molecule has 0 bridgehead atoms. The van der Waals surface area contributed by atoms with Crippen molar-refractivity contribution in [2.45, 2.75) is 6.42 Å². The number of fused-ring (bicyclic) bond motifs is 1. The number of hydrogen-bond acceptors (Lipinski definition) is 2. The van der Waals surface area contributed by atoms with Crippen molar-refractivity contribution in [1.29, 1.82) is 0 Å². The molecule has 1 aliphatic rings. The van der Waals surface area contributed by atoms with E-state index in [1.165, 1.54) is 0 Å². The topological polar surface area (TPSA) is 26.3 Å². The summed E-state index contributed by atoms with van der Waals surface area (Å²) in [6.07, 6.45) is 0.836. The number of benzene rings is 1. The molecule has 2 nitrogen and oxygen atoms in total. The van der Waals surface area contributed by atoms with Crippen LogP contribution in [0.3, 0.4) is 0 Å². The minimum absolute atomic E-state index is 0.0439. The minimum Gasteiger partial charge on any atom is -0.384 e. The molecule has 68 valence electrons. The zero-order valence-electron chi connectivity index (χ0n) is 7.62. The highest BCUT2D eigenvalue weighted by molar-refractivity contribution is 6.02. The molecule has 1 aromatic carbocycles. The quantitative estimate of drug-likeness (QED) is 0.685. The Hall–Kier alpha value is -1.15. The molecule has 2 heteroatoms. The van der Waals surface area contributed by atoms with E-state index in [1.54, 1.807) is 7.11 Å². The molecule has 2 rings (SSSR count). The van der Waals surface area contributed by atoms with Gasteiger partial charge < -0.3 is 4.74 Å². The molecule has 1 atom stereocenters. The monoisotopic (exact) mass is 176 g/mol. The lowest BCUT2D eigenvalue weighted by Crippen LogP contribution is -2.14. The second kappa shape index (κ2) is 3.30. The Morgan fingerprint density at radius 3 is 2.92 bits per heavy atom. The van der Waals surface area contributed by atoms with Gasteiger partial charge in [-0.3, -0.25) is 4.79 Å². The van der Waals surface area contributed by atoms with Crippen LogP contribution in [0.1, 0.15) is 15.9 Å². The predicted octanol–water partition coefficient (Wildman–Crippen LogP) is 1.69. The molecular weight excluding hydrogens is 164 g/mol. The van der Waals surface area contributed by atoms with E-state index in [0.29, 0.717) is 6.61 Å². The van der Waals surface area contributed by atoms with Gasteiger partial charge in [0.1, 0.15) is 0 Å². The smallest absolute Gasteiger partial charge is 0.168 e. The second-order valence-electron chi connectivity index (χ2n) is 3.38. The average Bonchev–Trinajstić information content (AvgIpc) is 2.46. The molecule has 1 aromatic rings. The van der Waals surface area contributed by atoms with Crippen LogP contribution in [0.2, 0.25) is 0 Å². The maximum absolute atomic E-state index is 11.7. The van der Waals surface area contributed by atoms with Crippen LogP contribution in [0, 0.1) is 5.92 Å². The first-order valence-electron chi connectivity index (χ1n) is 4.44. The standard InChI is InChI=1S/C11H12O2/c1-13-7-9-6-8-4-2-3-5-10(8)11(9)12/h2-5,9H,6-7H2,1H3. The Balaban J connectivity index is 2.28. The Morgan fingerprint density at radius 2 is 2.23 bits per heavy atom. The fraction of sp³-hybridized carbons (Fsp3) is 0.364. The third kappa shape index (κ3) is 1.38. The molecule has 1 aliphatic carbocycles. The van der Waals surface area contributed by atoms with E-state index in [4.69, 9.17) is 4.74 Å². The number of carbonyl (C=O) groups is 1. The van der Waals surface area contributed by atoms with Gasteiger partial charge in [-0.15, -0.1) is 0 Å². The SMILES string of the molecule is COCC1Cc2ccccc2C1=O. The van der Waals surface area contributed by atoms with Gasteiger partial charge in [0.05, 0.1) is 6.61 Å². The summed E-state index contributed by atoms with van der Waals surface area (Å²) in [6.45, 7) is 0.535. The lowest BCUT2D eigenvalue weighted by molar-refractivity contribution is 0.0833. The first-order chi connectivity index (χ1) is 6.33. The molecule has 0 heterocycles. The van der Waals surface area contributed by atoms with Crippen molar-refractivity contribution < 1.29 is 9.53 Å². The summed E-state index contributed by atoms with van der Waals surface area (Å²) in [4.78, 5) is 11.7. The molecule has 1 unspecified atom stereocenters. The van der Waals surface area contributed by atoms with E-state index in [0.717, 1.165) is 17.5 Å². The van der Waals surface area contributed by atoms with Crippen LogP contribution in [-0.4, -0.2) is 19.5 Å². The Bertz CT molecular complexity index is 331. The van der Waals surface area contributed by atoms with E-state index in [1.807, 2.05) is 24.3 Å². The average molecular weight is 176 g/mol. The zero-order chi connectivity index (χ0) is 9.26. The largest absolute Gasteiger partial charge is 0.384 e. The lowest BCUT2D eigenvalue weighted by atomic mass is 10.1. The maximum atomic E-state index is 11.7. The van der Waals surface area contributed by atoms with E-state index in [9.17, 15) is 4.79 Å². The van der Waals surface area contributed by atoms with Gasteiger partial charge in [0.2, 0.25) is 0 Å². The minimum atomic E-state index is 0.0439. The molecule has 0 fully saturated rings. The van der Waals surface area contributed by atoms with Crippen molar-refractivity contribution >= 4 is 5.78 Å². The lowest BCUT2D eigenvalue weighted by Gasteiger charge is -2.04. The second-order valence-corrected chi connectivity index (χ2v) is 3.38. The van der Waals surface area contributed by atoms with Crippen LogP contribution in [0.15, 0.2) is 24.3 Å². The summed E-state index contributed by atoms with van der Waals surface area (Å²) < 4.78 is 5.01.